The summed E-state index contributed by atoms with van der Waals surface area (Å²) < 4.78 is 0. The molecular weight excluding hydrogens is 146 g/mol. The van der Waals surface area contributed by atoms with Crippen LogP contribution in [0.5, 0.6) is 0 Å². The Hall–Kier alpha value is -1.24. The molecule has 0 unspecified atom stereocenters. The molecule has 1 heteroatoms. The molecule has 1 aromatic rings. The number of allylic oxidation sites excluding steroid dienone is 4. The average Bonchev–Trinajstić information content (AvgIpc) is 2.64. The zero-order valence-electron chi connectivity index (χ0n) is 7.52. The fraction of sp³-hybridized carbons (Fsp3) is 0.273. The summed E-state index contributed by atoms with van der Waals surface area (Å²) in [4.78, 5) is 3.30. The summed E-state index contributed by atoms with van der Waals surface area (Å²) in [6, 6.07) is 0. The van der Waals surface area contributed by atoms with Crippen molar-refractivity contribution in [3.63, 3.8) is 0 Å². The maximum atomic E-state index is 3.30. The lowest BCUT2D eigenvalue weighted by Crippen LogP contribution is -1.82. The summed E-state index contributed by atoms with van der Waals surface area (Å²) in [6.45, 7) is 4.29. The number of rotatable bonds is 1. The monoisotopic (exact) mass is 159 g/mol. The highest BCUT2D eigenvalue weighted by atomic mass is 14.7. The van der Waals surface area contributed by atoms with Gasteiger partial charge in [0.1, 0.15) is 0 Å². The molecule has 1 heterocycles. The quantitative estimate of drug-likeness (QED) is 0.648. The van der Waals surface area contributed by atoms with Gasteiger partial charge in [-0.05, 0) is 37.0 Å². The van der Waals surface area contributed by atoms with Gasteiger partial charge in [-0.1, -0.05) is 18.2 Å². The minimum atomic E-state index is 1.08. The predicted octanol–water partition coefficient (Wildman–Crippen LogP) is 2.97. The van der Waals surface area contributed by atoms with E-state index in [1.54, 1.807) is 0 Å². The summed E-state index contributed by atoms with van der Waals surface area (Å²) in [5.41, 5.74) is 5.32. The van der Waals surface area contributed by atoms with Crippen molar-refractivity contribution >= 4 is 5.57 Å². The highest BCUT2D eigenvalue weighted by Gasteiger charge is 2.07. The maximum absolute atomic E-state index is 3.30. The standard InChI is InChI=1S/C11H13N/c1-8-7-12-11(9(8)2)10-5-3-4-6-10/h3,5-7,12H,4H2,1-2H3. The van der Waals surface area contributed by atoms with Crippen molar-refractivity contribution in [2.24, 2.45) is 0 Å². The van der Waals surface area contributed by atoms with Gasteiger partial charge >= 0.3 is 0 Å². The molecule has 1 aliphatic rings. The van der Waals surface area contributed by atoms with E-state index in [0.717, 1.165) is 6.42 Å². The van der Waals surface area contributed by atoms with E-state index in [9.17, 15) is 0 Å². The summed E-state index contributed by atoms with van der Waals surface area (Å²) in [6.07, 6.45) is 9.76. The first-order chi connectivity index (χ1) is 5.79. The second-order valence-corrected chi connectivity index (χ2v) is 3.27. The van der Waals surface area contributed by atoms with Gasteiger partial charge in [-0.15, -0.1) is 0 Å². The molecule has 0 amide bonds. The van der Waals surface area contributed by atoms with Crippen LogP contribution in [0.2, 0.25) is 0 Å². The van der Waals surface area contributed by atoms with Crippen LogP contribution in [0.25, 0.3) is 5.57 Å². The minimum Gasteiger partial charge on any atom is -0.361 e. The lowest BCUT2D eigenvalue weighted by atomic mass is 10.1. The normalized spacial score (nSPS) is 15.3. The number of nitrogens with one attached hydrogen (secondary N) is 1. The van der Waals surface area contributed by atoms with Crippen molar-refractivity contribution in [2.75, 3.05) is 0 Å². The average molecular weight is 159 g/mol. The first-order valence-corrected chi connectivity index (χ1v) is 4.30. The summed E-state index contributed by atoms with van der Waals surface area (Å²) in [5.74, 6) is 0. The van der Waals surface area contributed by atoms with Gasteiger partial charge in [0.15, 0.2) is 0 Å². The number of hydrogen-bond donors (Lipinski definition) is 1. The fourth-order valence-corrected chi connectivity index (χ4v) is 1.54. The third kappa shape index (κ3) is 1.02. The van der Waals surface area contributed by atoms with Crippen LogP contribution in [-0.2, 0) is 0 Å². The van der Waals surface area contributed by atoms with Gasteiger partial charge in [-0.25, -0.2) is 0 Å². The fourth-order valence-electron chi connectivity index (χ4n) is 1.54. The lowest BCUT2D eigenvalue weighted by Gasteiger charge is -1.98. The Balaban J connectivity index is 2.46. The molecule has 0 saturated heterocycles. The van der Waals surface area contributed by atoms with E-state index in [1.165, 1.54) is 22.4 Å². The molecule has 0 aliphatic heterocycles. The van der Waals surface area contributed by atoms with Crippen LogP contribution in [0.15, 0.2) is 24.4 Å². The lowest BCUT2D eigenvalue weighted by molar-refractivity contribution is 1.32. The van der Waals surface area contributed by atoms with Crippen molar-refractivity contribution in [3.8, 4) is 0 Å². The van der Waals surface area contributed by atoms with Crippen LogP contribution in [0, 0.1) is 13.8 Å². The number of aromatic amines is 1. The molecule has 62 valence electrons. The molecule has 1 aliphatic carbocycles. The number of hydrogen-bond acceptors (Lipinski definition) is 0. The van der Waals surface area contributed by atoms with Gasteiger partial charge in [0.25, 0.3) is 0 Å². The summed E-state index contributed by atoms with van der Waals surface area (Å²) in [5, 5.41) is 0. The van der Waals surface area contributed by atoms with Crippen molar-refractivity contribution < 1.29 is 0 Å². The first-order valence-electron chi connectivity index (χ1n) is 4.30. The third-order valence-corrected chi connectivity index (χ3v) is 2.46. The van der Waals surface area contributed by atoms with Gasteiger partial charge in [0.2, 0.25) is 0 Å². The van der Waals surface area contributed by atoms with E-state index < -0.39 is 0 Å². The number of H-pyrrole nitrogens is 1. The molecular formula is C11H13N. The number of aromatic nitrogens is 1. The molecule has 0 fully saturated rings. The smallest absolute Gasteiger partial charge is 0.0483 e. The van der Waals surface area contributed by atoms with Gasteiger partial charge in [0, 0.05) is 11.9 Å². The largest absolute Gasteiger partial charge is 0.361 e. The maximum Gasteiger partial charge on any atom is 0.0483 e. The van der Waals surface area contributed by atoms with Crippen molar-refractivity contribution in [1.29, 1.82) is 0 Å². The molecule has 0 saturated carbocycles. The Morgan fingerprint density at radius 2 is 2.17 bits per heavy atom. The molecule has 2 rings (SSSR count). The van der Waals surface area contributed by atoms with Crippen molar-refractivity contribution in [2.45, 2.75) is 20.3 Å². The zero-order chi connectivity index (χ0) is 8.55. The van der Waals surface area contributed by atoms with Crippen molar-refractivity contribution in [1.82, 2.24) is 4.98 Å². The second-order valence-electron chi connectivity index (χ2n) is 3.27. The van der Waals surface area contributed by atoms with E-state index in [0.29, 0.717) is 0 Å². The Morgan fingerprint density at radius 3 is 2.67 bits per heavy atom. The SMILES string of the molecule is Cc1c[nH]c(C2=CCC=C2)c1C. The molecule has 1 N–H and O–H groups in total. The summed E-state index contributed by atoms with van der Waals surface area (Å²) in [7, 11) is 0. The molecule has 0 spiro atoms. The Morgan fingerprint density at radius 1 is 1.33 bits per heavy atom. The van der Waals surface area contributed by atoms with Gasteiger partial charge in [-0.3, -0.25) is 0 Å². The predicted molar refractivity (Wildman–Crippen MR) is 52.0 cm³/mol. The van der Waals surface area contributed by atoms with Crippen LogP contribution >= 0.6 is 0 Å². The van der Waals surface area contributed by atoms with Crippen molar-refractivity contribution in [3.05, 3.63) is 41.2 Å². The van der Waals surface area contributed by atoms with E-state index in [2.05, 4.69) is 43.3 Å². The van der Waals surface area contributed by atoms with Gasteiger partial charge in [0.05, 0.1) is 0 Å². The number of aryl methyl sites for hydroxylation is 1. The molecule has 0 radical (unpaired) electrons. The van der Waals surface area contributed by atoms with E-state index in [4.69, 9.17) is 0 Å². The third-order valence-electron chi connectivity index (χ3n) is 2.46. The Labute approximate surface area is 72.8 Å². The van der Waals surface area contributed by atoms with Crippen LogP contribution < -0.4 is 0 Å². The first kappa shape index (κ1) is 7.41. The molecule has 0 bridgehead atoms. The molecule has 1 nitrogen and oxygen atoms in total. The molecule has 0 aromatic carbocycles. The van der Waals surface area contributed by atoms with Crippen LogP contribution in [0.1, 0.15) is 23.2 Å². The Bertz CT molecular complexity index is 353. The Kier molecular flexibility index (Phi) is 1.65. The summed E-state index contributed by atoms with van der Waals surface area (Å²) >= 11 is 0. The highest BCUT2D eigenvalue weighted by molar-refractivity contribution is 5.76. The van der Waals surface area contributed by atoms with Crippen LogP contribution in [-0.4, -0.2) is 4.98 Å². The minimum absolute atomic E-state index is 1.08. The van der Waals surface area contributed by atoms with Crippen LogP contribution in [0.4, 0.5) is 0 Å². The van der Waals surface area contributed by atoms with E-state index >= 15 is 0 Å². The van der Waals surface area contributed by atoms with E-state index in [1.807, 2.05) is 0 Å². The van der Waals surface area contributed by atoms with Crippen LogP contribution in [0.3, 0.4) is 0 Å². The second kappa shape index (κ2) is 2.67. The molecule has 0 atom stereocenters. The molecule has 1 aromatic heterocycles. The molecule has 12 heavy (non-hydrogen) atoms. The van der Waals surface area contributed by atoms with Gasteiger partial charge < -0.3 is 4.98 Å². The zero-order valence-corrected chi connectivity index (χ0v) is 7.52. The van der Waals surface area contributed by atoms with Gasteiger partial charge in [-0.2, -0.15) is 0 Å². The topological polar surface area (TPSA) is 15.8 Å². The van der Waals surface area contributed by atoms with E-state index in [-0.39, 0.29) is 0 Å². The highest BCUT2D eigenvalue weighted by Crippen LogP contribution is 2.24.